The van der Waals surface area contributed by atoms with Crippen LogP contribution in [0.2, 0.25) is 18.1 Å². The minimum absolute atomic E-state index is 0.0216. The molecule has 1 heterocycles. The molecule has 9 heteroatoms. The van der Waals surface area contributed by atoms with Crippen LogP contribution >= 0.6 is 0 Å². The number of rotatable bonds is 8. The summed E-state index contributed by atoms with van der Waals surface area (Å²) < 4.78 is 56.7. The molecule has 0 unspecified atom stereocenters. The van der Waals surface area contributed by atoms with Gasteiger partial charge >= 0.3 is 12.1 Å². The van der Waals surface area contributed by atoms with E-state index < -0.39 is 32.4 Å². The zero-order chi connectivity index (χ0) is 23.7. The van der Waals surface area contributed by atoms with Gasteiger partial charge in [0.05, 0.1) is 12.6 Å². The third kappa shape index (κ3) is 10.1. The average molecular weight is 459 g/mol. The summed E-state index contributed by atoms with van der Waals surface area (Å²) in [5, 5.41) is 1.89. The quantitative estimate of drug-likeness (QED) is 0.142. The number of amides is 1. The van der Waals surface area contributed by atoms with Gasteiger partial charge in [0.15, 0.2) is 8.32 Å². The van der Waals surface area contributed by atoms with Gasteiger partial charge in [-0.3, -0.25) is 4.79 Å². The van der Waals surface area contributed by atoms with Crippen LogP contribution in [0.1, 0.15) is 45.6 Å². The zero-order valence-corrected chi connectivity index (χ0v) is 19.6. The molecule has 0 spiro atoms. The molecule has 0 aliphatic carbocycles. The number of alkyl halides is 3. The Kier molecular flexibility index (Phi) is 9.91. The summed E-state index contributed by atoms with van der Waals surface area (Å²) in [6.07, 6.45) is 1.47. The van der Waals surface area contributed by atoms with Crippen molar-refractivity contribution in [2.24, 2.45) is 0 Å². The summed E-state index contributed by atoms with van der Waals surface area (Å²) >= 11 is 0. The van der Waals surface area contributed by atoms with Crippen LogP contribution in [0.5, 0.6) is 0 Å². The van der Waals surface area contributed by atoms with Gasteiger partial charge in [-0.15, -0.1) is 0 Å². The molecule has 1 aromatic heterocycles. The number of hydrogen-bond acceptors (Lipinski definition) is 3. The van der Waals surface area contributed by atoms with E-state index in [-0.39, 0.29) is 11.6 Å². The molecule has 31 heavy (non-hydrogen) atoms. The largest absolute Gasteiger partial charge is 0.471 e. The lowest BCUT2D eigenvalue weighted by Crippen LogP contribution is -2.48. The van der Waals surface area contributed by atoms with Crippen LogP contribution in [0.4, 0.5) is 17.6 Å². The van der Waals surface area contributed by atoms with Gasteiger partial charge in [0.2, 0.25) is 5.95 Å². The molecular formula is C22H30F4N2O2Si. The molecule has 1 atom stereocenters. The van der Waals surface area contributed by atoms with Crippen LogP contribution in [-0.4, -0.2) is 38.0 Å². The minimum atomic E-state index is -4.95. The molecule has 4 nitrogen and oxygen atoms in total. The Bertz CT molecular complexity index is 804. The molecule has 172 valence electrons. The molecule has 0 radical (unpaired) electrons. The van der Waals surface area contributed by atoms with Crippen molar-refractivity contribution in [1.29, 1.82) is 0 Å². The second-order valence-electron chi connectivity index (χ2n) is 8.64. The van der Waals surface area contributed by atoms with Crippen LogP contribution in [0.3, 0.4) is 0 Å². The standard InChI is InChI=1S/C22H30F4N2O2Si/c1-21(2,3)31(4,5)30-16-18(28-20(29)22(24,25)26)12-10-8-6-7-9-11-17-13-14-19(23)27-15-17/h10,12-15,18H,6-8,16H2,1-5H3,(H,28,29)/b12-10-/t18-/m1/s1. The Morgan fingerprint density at radius 3 is 2.52 bits per heavy atom. The third-order valence-corrected chi connectivity index (χ3v) is 9.51. The molecule has 0 aliphatic heterocycles. The Labute approximate surface area is 182 Å². The molecule has 0 aliphatic rings. The molecule has 0 saturated heterocycles. The fourth-order valence-corrected chi connectivity index (χ4v) is 3.12. The van der Waals surface area contributed by atoms with Crippen molar-refractivity contribution in [3.8, 4) is 11.8 Å². The van der Waals surface area contributed by atoms with E-state index in [1.807, 2.05) is 39.2 Å². The topological polar surface area (TPSA) is 51.2 Å². The van der Waals surface area contributed by atoms with Crippen LogP contribution in [0.15, 0.2) is 30.5 Å². The first-order chi connectivity index (χ1) is 14.2. The van der Waals surface area contributed by atoms with Crippen LogP contribution < -0.4 is 5.32 Å². The van der Waals surface area contributed by atoms with E-state index in [0.29, 0.717) is 24.8 Å². The third-order valence-electron chi connectivity index (χ3n) is 5.00. The Morgan fingerprint density at radius 2 is 1.97 bits per heavy atom. The monoisotopic (exact) mass is 458 g/mol. The number of carbonyl (C=O) groups excluding carboxylic acids is 1. The Morgan fingerprint density at radius 1 is 1.29 bits per heavy atom. The average Bonchev–Trinajstić information content (AvgIpc) is 2.64. The number of unbranched alkanes of at least 4 members (excludes halogenated alkanes) is 2. The fourth-order valence-electron chi connectivity index (χ4n) is 2.09. The molecule has 1 aromatic rings. The Hall–Kier alpha value is -2.18. The normalized spacial score (nSPS) is 13.6. The van der Waals surface area contributed by atoms with Crippen molar-refractivity contribution < 1.29 is 26.8 Å². The number of nitrogens with zero attached hydrogens (tertiary/aromatic N) is 1. The second kappa shape index (κ2) is 11.4. The number of hydrogen-bond donors (Lipinski definition) is 1. The lowest BCUT2D eigenvalue weighted by Gasteiger charge is -2.37. The summed E-state index contributed by atoms with van der Waals surface area (Å²) in [5.41, 5.74) is 0.606. The van der Waals surface area contributed by atoms with Crippen molar-refractivity contribution in [3.05, 3.63) is 42.0 Å². The Balaban J connectivity index is 2.62. The summed E-state index contributed by atoms with van der Waals surface area (Å²) in [4.78, 5) is 14.9. The maximum atomic E-state index is 12.7. The number of halogens is 4. The maximum absolute atomic E-state index is 12.7. The fraction of sp³-hybridized carbons (Fsp3) is 0.545. The summed E-state index contributed by atoms with van der Waals surface area (Å²) in [5.74, 6) is 3.25. The van der Waals surface area contributed by atoms with Crippen molar-refractivity contribution in [2.75, 3.05) is 6.61 Å². The summed E-state index contributed by atoms with van der Waals surface area (Å²) in [6, 6.07) is 1.89. The second-order valence-corrected chi connectivity index (χ2v) is 13.5. The molecular weight excluding hydrogens is 428 g/mol. The van der Waals surface area contributed by atoms with Crippen molar-refractivity contribution in [3.63, 3.8) is 0 Å². The predicted molar refractivity (Wildman–Crippen MR) is 115 cm³/mol. The molecule has 1 N–H and O–H groups in total. The SMILES string of the molecule is CC(C)(C)[Si](C)(C)OC[C@@H](/C=C\CCCC#Cc1ccc(F)nc1)NC(=O)C(F)(F)F. The van der Waals surface area contributed by atoms with E-state index in [1.165, 1.54) is 24.4 Å². The number of allylic oxidation sites excluding steroid dienone is 1. The van der Waals surface area contributed by atoms with Gasteiger partial charge in [0.1, 0.15) is 0 Å². The number of carbonyl (C=O) groups is 1. The lowest BCUT2D eigenvalue weighted by molar-refractivity contribution is -0.174. The highest BCUT2D eigenvalue weighted by Gasteiger charge is 2.41. The highest BCUT2D eigenvalue weighted by molar-refractivity contribution is 6.74. The molecule has 1 rings (SSSR count). The highest BCUT2D eigenvalue weighted by atomic mass is 28.4. The smallest absolute Gasteiger partial charge is 0.414 e. The zero-order valence-electron chi connectivity index (χ0n) is 18.6. The van der Waals surface area contributed by atoms with E-state index in [0.717, 1.165) is 0 Å². The van der Waals surface area contributed by atoms with Crippen LogP contribution in [0.25, 0.3) is 0 Å². The molecule has 0 saturated carbocycles. The molecule has 0 fully saturated rings. The van der Waals surface area contributed by atoms with Crippen molar-refractivity contribution in [1.82, 2.24) is 10.3 Å². The van der Waals surface area contributed by atoms with Gasteiger partial charge in [-0.05, 0) is 43.1 Å². The number of nitrogens with one attached hydrogen (secondary N) is 1. The first-order valence-corrected chi connectivity index (χ1v) is 12.9. The summed E-state index contributed by atoms with van der Waals surface area (Å²) in [6.45, 7) is 10.1. The van der Waals surface area contributed by atoms with Gasteiger partial charge in [0.25, 0.3) is 0 Å². The van der Waals surface area contributed by atoms with Crippen molar-refractivity contribution >= 4 is 14.2 Å². The van der Waals surface area contributed by atoms with E-state index in [9.17, 15) is 22.4 Å². The van der Waals surface area contributed by atoms with E-state index in [2.05, 4.69) is 16.8 Å². The van der Waals surface area contributed by atoms with Gasteiger partial charge in [-0.25, -0.2) is 4.98 Å². The number of pyridine rings is 1. The van der Waals surface area contributed by atoms with Gasteiger partial charge in [-0.1, -0.05) is 44.8 Å². The highest BCUT2D eigenvalue weighted by Crippen LogP contribution is 2.36. The van der Waals surface area contributed by atoms with E-state index in [4.69, 9.17) is 4.43 Å². The minimum Gasteiger partial charge on any atom is -0.414 e. The first kappa shape index (κ1) is 26.9. The molecule has 0 bridgehead atoms. The van der Waals surface area contributed by atoms with Gasteiger partial charge < -0.3 is 9.74 Å². The lowest BCUT2D eigenvalue weighted by atomic mass is 10.2. The van der Waals surface area contributed by atoms with E-state index >= 15 is 0 Å². The van der Waals surface area contributed by atoms with Crippen LogP contribution in [0, 0.1) is 17.8 Å². The molecule has 1 amide bonds. The molecule has 0 aromatic carbocycles. The van der Waals surface area contributed by atoms with Gasteiger partial charge in [-0.2, -0.15) is 17.6 Å². The number of aromatic nitrogens is 1. The van der Waals surface area contributed by atoms with E-state index in [1.54, 1.807) is 6.08 Å². The summed E-state index contributed by atoms with van der Waals surface area (Å²) in [7, 11) is -2.18. The van der Waals surface area contributed by atoms with Gasteiger partial charge in [0, 0.05) is 18.2 Å². The predicted octanol–water partition coefficient (Wildman–Crippen LogP) is 5.37. The maximum Gasteiger partial charge on any atom is 0.471 e. The first-order valence-electron chi connectivity index (χ1n) is 10.0. The van der Waals surface area contributed by atoms with Crippen LogP contribution in [-0.2, 0) is 9.22 Å². The van der Waals surface area contributed by atoms with Crippen molar-refractivity contribution in [2.45, 2.75) is 70.4 Å².